The van der Waals surface area contributed by atoms with Crippen molar-refractivity contribution in [1.82, 2.24) is 4.40 Å². The van der Waals surface area contributed by atoms with Crippen LogP contribution in [-0.2, 0) is 12.5 Å². The summed E-state index contributed by atoms with van der Waals surface area (Å²) in [4.78, 5) is 0. The summed E-state index contributed by atoms with van der Waals surface area (Å²) < 4.78 is 6.51. The van der Waals surface area contributed by atoms with Gasteiger partial charge in [0, 0.05) is 0 Å². The molecule has 172 valence electrons. The van der Waals surface area contributed by atoms with Crippen LogP contribution >= 0.6 is 0 Å². The van der Waals surface area contributed by atoms with Crippen molar-refractivity contribution in [3.05, 3.63) is 65.4 Å². The molecule has 3 heteroatoms. The SMILES string of the molecule is Cc1cc2c3ccc(C(C)(C)C)cc3n3c4c[c]([Ge]([CH3])([CH3])[CH3])cc5cc[n+](C)c(c(c1C)c23)c54. The first-order valence-electron chi connectivity index (χ1n) is 12.4. The molecule has 0 radical (unpaired) electrons. The summed E-state index contributed by atoms with van der Waals surface area (Å²) in [6, 6.07) is 16.9. The van der Waals surface area contributed by atoms with Gasteiger partial charge in [0.05, 0.1) is 0 Å². The fourth-order valence-electron chi connectivity index (χ4n) is 5.80. The topological polar surface area (TPSA) is 8.29 Å². The van der Waals surface area contributed by atoms with Crippen molar-refractivity contribution in [2.24, 2.45) is 7.05 Å². The van der Waals surface area contributed by atoms with Crippen molar-refractivity contribution < 1.29 is 4.57 Å². The Morgan fingerprint density at radius 3 is 2.24 bits per heavy atom. The van der Waals surface area contributed by atoms with Crippen LogP contribution in [0, 0.1) is 13.8 Å². The molecule has 6 aromatic rings. The van der Waals surface area contributed by atoms with Gasteiger partial charge in [0.1, 0.15) is 0 Å². The number of nitrogens with zero attached hydrogens (tertiary/aromatic N) is 2. The Bertz CT molecular complexity index is 1790. The van der Waals surface area contributed by atoms with Crippen LogP contribution in [0.5, 0.6) is 0 Å². The summed E-state index contributed by atoms with van der Waals surface area (Å²) in [5.41, 5.74) is 9.68. The van der Waals surface area contributed by atoms with E-state index in [1.165, 1.54) is 65.7 Å². The van der Waals surface area contributed by atoms with E-state index in [-0.39, 0.29) is 5.41 Å². The molecular formula is C31H35GeN2+. The predicted octanol–water partition coefficient (Wildman–Crippen LogP) is 7.27. The second-order valence-corrected chi connectivity index (χ2v) is 23.0. The third-order valence-electron chi connectivity index (χ3n) is 8.00. The molecule has 0 saturated carbocycles. The van der Waals surface area contributed by atoms with E-state index in [4.69, 9.17) is 0 Å². The van der Waals surface area contributed by atoms with Crippen molar-refractivity contribution >= 4 is 66.7 Å². The van der Waals surface area contributed by atoms with Gasteiger partial charge in [-0.05, 0) is 0 Å². The zero-order valence-electron chi connectivity index (χ0n) is 22.0. The van der Waals surface area contributed by atoms with Gasteiger partial charge in [0.25, 0.3) is 0 Å². The molecule has 0 unspecified atom stereocenters. The first-order chi connectivity index (χ1) is 15.9. The molecule has 0 aliphatic rings. The normalized spacial score (nSPS) is 13.4. The van der Waals surface area contributed by atoms with E-state index < -0.39 is 13.3 Å². The van der Waals surface area contributed by atoms with Crippen LogP contribution in [0.4, 0.5) is 0 Å². The fourth-order valence-corrected chi connectivity index (χ4v) is 8.23. The summed E-state index contributed by atoms with van der Waals surface area (Å²) in [7, 11) is 2.21. The zero-order valence-corrected chi connectivity index (χ0v) is 24.1. The van der Waals surface area contributed by atoms with E-state index >= 15 is 0 Å². The molecule has 0 amide bonds. The van der Waals surface area contributed by atoms with Crippen molar-refractivity contribution in [3.63, 3.8) is 0 Å². The third kappa shape index (κ3) is 2.84. The molecule has 3 aromatic heterocycles. The summed E-state index contributed by atoms with van der Waals surface area (Å²) in [5, 5.41) is 6.89. The van der Waals surface area contributed by atoms with E-state index in [2.05, 4.69) is 117 Å². The molecule has 0 N–H and O–H groups in total. The third-order valence-corrected chi connectivity index (χ3v) is 12.2. The van der Waals surface area contributed by atoms with Crippen LogP contribution in [0.2, 0.25) is 17.3 Å². The molecule has 0 fully saturated rings. The molecule has 0 saturated heterocycles. The molecule has 3 aromatic carbocycles. The van der Waals surface area contributed by atoms with Gasteiger partial charge in [-0.15, -0.1) is 0 Å². The Balaban J connectivity index is 2.02. The molecule has 0 aliphatic heterocycles. The quantitative estimate of drug-likeness (QED) is 0.0956. The number of hydrogen-bond donors (Lipinski definition) is 0. The van der Waals surface area contributed by atoms with Gasteiger partial charge in [0.2, 0.25) is 0 Å². The van der Waals surface area contributed by atoms with Crippen LogP contribution in [0.1, 0.15) is 37.5 Å². The van der Waals surface area contributed by atoms with Crippen LogP contribution in [0.15, 0.2) is 48.7 Å². The van der Waals surface area contributed by atoms with E-state index in [1.54, 1.807) is 4.40 Å². The van der Waals surface area contributed by atoms with E-state index in [1.807, 2.05) is 0 Å². The first kappa shape index (κ1) is 21.9. The summed E-state index contributed by atoms with van der Waals surface area (Å²) in [6.07, 6.45) is 2.25. The van der Waals surface area contributed by atoms with Gasteiger partial charge >= 0.3 is 205 Å². The maximum absolute atomic E-state index is 2.61. The van der Waals surface area contributed by atoms with E-state index in [9.17, 15) is 0 Å². The Hall–Kier alpha value is -2.59. The molecule has 3 heterocycles. The predicted molar refractivity (Wildman–Crippen MR) is 151 cm³/mol. The first-order valence-corrected chi connectivity index (χ1v) is 19.8. The fraction of sp³-hybridized carbons (Fsp3) is 0.323. The number of aromatic nitrogens is 2. The summed E-state index contributed by atoms with van der Waals surface area (Å²) >= 11 is -2.06. The van der Waals surface area contributed by atoms with Crippen LogP contribution in [0.3, 0.4) is 0 Å². The van der Waals surface area contributed by atoms with Gasteiger partial charge < -0.3 is 0 Å². The van der Waals surface area contributed by atoms with Gasteiger partial charge in [-0.1, -0.05) is 0 Å². The van der Waals surface area contributed by atoms with E-state index in [0.717, 1.165) is 0 Å². The van der Waals surface area contributed by atoms with Crippen LogP contribution < -0.4 is 8.96 Å². The average molecular weight is 508 g/mol. The average Bonchev–Trinajstić information content (AvgIpc) is 3.07. The van der Waals surface area contributed by atoms with Crippen LogP contribution in [0.25, 0.3) is 49.0 Å². The molecule has 0 spiro atoms. The molecule has 34 heavy (non-hydrogen) atoms. The van der Waals surface area contributed by atoms with Crippen molar-refractivity contribution in [1.29, 1.82) is 0 Å². The number of rotatable bonds is 1. The Morgan fingerprint density at radius 1 is 0.824 bits per heavy atom. The summed E-state index contributed by atoms with van der Waals surface area (Å²) in [6.45, 7) is 11.5. The Labute approximate surface area is 204 Å². The number of fused-ring (bicyclic) bond motifs is 5. The van der Waals surface area contributed by atoms with Crippen molar-refractivity contribution in [3.8, 4) is 0 Å². The number of aryl methyl sites for hydroxylation is 3. The second-order valence-electron chi connectivity index (χ2n) is 12.4. The van der Waals surface area contributed by atoms with Gasteiger partial charge in [0.15, 0.2) is 0 Å². The molecule has 0 aliphatic carbocycles. The minimum absolute atomic E-state index is 0.108. The minimum atomic E-state index is -2.06. The molecule has 2 nitrogen and oxygen atoms in total. The monoisotopic (exact) mass is 509 g/mol. The number of hydrogen-bond acceptors (Lipinski definition) is 0. The zero-order chi connectivity index (χ0) is 24.3. The molecular weight excluding hydrogens is 473 g/mol. The van der Waals surface area contributed by atoms with Crippen molar-refractivity contribution in [2.75, 3.05) is 0 Å². The number of pyridine rings is 2. The number of benzene rings is 3. The maximum atomic E-state index is 2.61. The standard InChI is InChI=1S/C31H35GeN2/c1-18-14-24-23-11-10-21(31(3,4)5)16-25(23)34-26-17-22(32(6,7)8)15-20-12-13-33(9)30(28(20)26)27(19(18)2)29(24)34/h10-17H,1-9H3/q+1. The summed E-state index contributed by atoms with van der Waals surface area (Å²) in [5.74, 6) is 7.51. The molecule has 0 bridgehead atoms. The Morgan fingerprint density at radius 2 is 1.56 bits per heavy atom. The second kappa shape index (κ2) is 6.75. The van der Waals surface area contributed by atoms with Crippen molar-refractivity contribution in [2.45, 2.75) is 57.3 Å². The molecule has 0 atom stereocenters. The van der Waals surface area contributed by atoms with Gasteiger partial charge in [-0.25, -0.2) is 0 Å². The Kier molecular flexibility index (Phi) is 4.35. The van der Waals surface area contributed by atoms with Crippen LogP contribution in [-0.4, -0.2) is 17.7 Å². The molecule has 6 rings (SSSR count). The van der Waals surface area contributed by atoms with Gasteiger partial charge in [-0.2, -0.15) is 0 Å². The van der Waals surface area contributed by atoms with Gasteiger partial charge in [-0.3, -0.25) is 0 Å². The van der Waals surface area contributed by atoms with E-state index in [0.29, 0.717) is 0 Å².